The monoisotopic (exact) mass is 320 g/mol. The molecule has 2 bridgehead atoms. The number of carboxylic acids is 1. The Hall–Kier alpha value is -0.570. The number of carboxylic acid groups (broad SMARTS) is 1. The zero-order valence-corrected chi connectivity index (χ0v) is 14.9. The molecule has 130 valence electrons. The lowest BCUT2D eigenvalue weighted by Gasteiger charge is -2.69. The van der Waals surface area contributed by atoms with Crippen LogP contribution in [0.5, 0.6) is 0 Å². The summed E-state index contributed by atoms with van der Waals surface area (Å²) in [6.45, 7) is 6.46. The van der Waals surface area contributed by atoms with E-state index in [0.717, 1.165) is 38.5 Å². The van der Waals surface area contributed by atoms with Gasteiger partial charge < -0.3 is 10.2 Å². The van der Waals surface area contributed by atoms with Crippen molar-refractivity contribution in [2.24, 2.45) is 34.0 Å². The zero-order valence-electron chi connectivity index (χ0n) is 14.9. The molecule has 3 nitrogen and oxygen atoms in total. The lowest BCUT2D eigenvalue weighted by Crippen LogP contribution is -2.65. The molecule has 0 amide bonds. The number of carbonyl (C=O) groups is 1. The molecule has 0 radical (unpaired) electrons. The minimum Gasteiger partial charge on any atom is -0.481 e. The fraction of sp³-hybridized carbons (Fsp3) is 0.950. The van der Waals surface area contributed by atoms with E-state index in [1.54, 1.807) is 0 Å². The van der Waals surface area contributed by atoms with E-state index >= 15 is 0 Å². The molecular formula is C20H32O3. The van der Waals surface area contributed by atoms with Crippen LogP contribution in [0.1, 0.15) is 78.6 Å². The van der Waals surface area contributed by atoms with Gasteiger partial charge in [-0.1, -0.05) is 13.3 Å². The Kier molecular flexibility index (Phi) is 3.14. The average Bonchev–Trinajstić information content (AvgIpc) is 2.45. The van der Waals surface area contributed by atoms with Crippen LogP contribution < -0.4 is 0 Å². The number of hydrogen-bond acceptors (Lipinski definition) is 2. The molecule has 5 fully saturated rings. The van der Waals surface area contributed by atoms with Crippen molar-refractivity contribution in [3.05, 3.63) is 0 Å². The van der Waals surface area contributed by atoms with Gasteiger partial charge in [-0.05, 0) is 93.8 Å². The molecule has 5 saturated carbocycles. The Balaban J connectivity index is 1.74. The van der Waals surface area contributed by atoms with E-state index in [4.69, 9.17) is 0 Å². The SMILES string of the molecule is C[C@]12CCC[C@](C)(C(=O)O)[C@@H]1CC[C@@]13CC[C@@H](C[C@@H]12)[C@@](C)(O)C3. The van der Waals surface area contributed by atoms with Crippen molar-refractivity contribution in [3.8, 4) is 0 Å². The predicted molar refractivity (Wildman–Crippen MR) is 88.9 cm³/mol. The minimum absolute atomic E-state index is 0.152. The summed E-state index contributed by atoms with van der Waals surface area (Å²) in [5, 5.41) is 20.8. The van der Waals surface area contributed by atoms with Gasteiger partial charge in [0.05, 0.1) is 11.0 Å². The van der Waals surface area contributed by atoms with Crippen molar-refractivity contribution < 1.29 is 15.0 Å². The maximum atomic E-state index is 12.1. The van der Waals surface area contributed by atoms with Gasteiger partial charge in [-0.2, -0.15) is 0 Å². The lowest BCUT2D eigenvalue weighted by atomic mass is 9.36. The van der Waals surface area contributed by atoms with E-state index < -0.39 is 17.0 Å². The molecule has 2 N–H and O–H groups in total. The third-order valence-electron chi connectivity index (χ3n) is 9.03. The molecule has 0 aliphatic heterocycles. The molecule has 0 saturated heterocycles. The maximum absolute atomic E-state index is 12.1. The number of aliphatic hydroxyl groups is 1. The molecule has 0 aromatic carbocycles. The largest absolute Gasteiger partial charge is 0.481 e. The van der Waals surface area contributed by atoms with Crippen LogP contribution >= 0.6 is 0 Å². The Bertz CT molecular complexity index is 541. The second kappa shape index (κ2) is 4.53. The zero-order chi connectivity index (χ0) is 16.7. The molecule has 5 rings (SSSR count). The second-order valence-electron chi connectivity index (χ2n) is 10.1. The highest BCUT2D eigenvalue weighted by molar-refractivity contribution is 5.75. The fourth-order valence-corrected chi connectivity index (χ4v) is 7.94. The Morgan fingerprint density at radius 3 is 2.35 bits per heavy atom. The number of fused-ring (bicyclic) bond motifs is 3. The van der Waals surface area contributed by atoms with Crippen LogP contribution in [0.2, 0.25) is 0 Å². The van der Waals surface area contributed by atoms with Crippen molar-refractivity contribution in [2.75, 3.05) is 0 Å². The van der Waals surface area contributed by atoms with E-state index in [1.165, 1.54) is 19.3 Å². The molecule has 0 heterocycles. The van der Waals surface area contributed by atoms with Crippen molar-refractivity contribution in [3.63, 3.8) is 0 Å². The first-order valence-electron chi connectivity index (χ1n) is 9.60. The summed E-state index contributed by atoms with van der Waals surface area (Å²) < 4.78 is 0. The number of hydrogen-bond donors (Lipinski definition) is 2. The summed E-state index contributed by atoms with van der Waals surface area (Å²) in [6, 6.07) is 0. The Morgan fingerprint density at radius 2 is 1.70 bits per heavy atom. The third-order valence-corrected chi connectivity index (χ3v) is 9.03. The summed E-state index contributed by atoms with van der Waals surface area (Å²) >= 11 is 0. The standard InChI is InChI=1S/C20H32O3/c1-17-7-4-8-18(2,16(21)22)14(17)6-10-20-9-5-13(11-15(17)20)19(3,23)12-20/h13-15,23H,4-12H2,1-3H3,(H,21,22)/t13-,14+,15+,17-,18-,19-,20+/m0/s1. The number of aliphatic carboxylic acids is 1. The van der Waals surface area contributed by atoms with Crippen LogP contribution in [-0.4, -0.2) is 21.8 Å². The Labute approximate surface area is 139 Å². The third kappa shape index (κ3) is 1.89. The first kappa shape index (κ1) is 15.9. The molecule has 23 heavy (non-hydrogen) atoms. The van der Waals surface area contributed by atoms with Gasteiger partial charge in [0.25, 0.3) is 0 Å². The molecule has 7 atom stereocenters. The highest BCUT2D eigenvalue weighted by Crippen LogP contribution is 2.72. The van der Waals surface area contributed by atoms with Crippen molar-refractivity contribution >= 4 is 5.97 Å². The molecule has 3 heteroatoms. The van der Waals surface area contributed by atoms with Crippen LogP contribution in [0.4, 0.5) is 0 Å². The highest BCUT2D eigenvalue weighted by Gasteiger charge is 2.67. The quantitative estimate of drug-likeness (QED) is 0.760. The molecule has 5 aliphatic rings. The van der Waals surface area contributed by atoms with Crippen molar-refractivity contribution in [1.82, 2.24) is 0 Å². The van der Waals surface area contributed by atoms with E-state index in [1.807, 2.05) is 13.8 Å². The molecule has 0 aromatic heterocycles. The molecule has 0 aromatic rings. The van der Waals surface area contributed by atoms with Crippen LogP contribution in [0.3, 0.4) is 0 Å². The van der Waals surface area contributed by atoms with Gasteiger partial charge >= 0.3 is 5.97 Å². The summed E-state index contributed by atoms with van der Waals surface area (Å²) in [6.07, 6.45) is 9.72. The molecule has 1 spiro atoms. The molecule has 0 unspecified atom stereocenters. The van der Waals surface area contributed by atoms with E-state index in [-0.39, 0.29) is 10.8 Å². The normalized spacial score (nSPS) is 58.3. The molecule has 5 aliphatic carbocycles. The Morgan fingerprint density at radius 1 is 1.00 bits per heavy atom. The fourth-order valence-electron chi connectivity index (χ4n) is 7.94. The van der Waals surface area contributed by atoms with Gasteiger partial charge in [-0.3, -0.25) is 4.79 Å². The summed E-state index contributed by atoms with van der Waals surface area (Å²) in [7, 11) is 0. The van der Waals surface area contributed by atoms with Gasteiger partial charge in [-0.25, -0.2) is 0 Å². The van der Waals surface area contributed by atoms with E-state index in [0.29, 0.717) is 17.8 Å². The maximum Gasteiger partial charge on any atom is 0.309 e. The summed E-state index contributed by atoms with van der Waals surface area (Å²) in [4.78, 5) is 12.1. The van der Waals surface area contributed by atoms with Crippen LogP contribution in [0.25, 0.3) is 0 Å². The summed E-state index contributed by atoms with van der Waals surface area (Å²) in [5.74, 6) is 0.758. The van der Waals surface area contributed by atoms with Crippen molar-refractivity contribution in [2.45, 2.75) is 84.2 Å². The van der Waals surface area contributed by atoms with Gasteiger partial charge in [0.2, 0.25) is 0 Å². The van der Waals surface area contributed by atoms with Gasteiger partial charge in [0.1, 0.15) is 0 Å². The van der Waals surface area contributed by atoms with Gasteiger partial charge in [0, 0.05) is 0 Å². The predicted octanol–water partition coefficient (Wildman–Crippen LogP) is 4.23. The smallest absolute Gasteiger partial charge is 0.309 e. The highest BCUT2D eigenvalue weighted by atomic mass is 16.4. The van der Waals surface area contributed by atoms with Crippen LogP contribution in [0, 0.1) is 34.0 Å². The van der Waals surface area contributed by atoms with Crippen LogP contribution in [-0.2, 0) is 4.79 Å². The summed E-state index contributed by atoms with van der Waals surface area (Å²) in [5.41, 5.74) is -0.615. The van der Waals surface area contributed by atoms with E-state index in [2.05, 4.69) is 6.92 Å². The van der Waals surface area contributed by atoms with E-state index in [9.17, 15) is 15.0 Å². The lowest BCUT2D eigenvalue weighted by molar-refractivity contribution is -0.233. The van der Waals surface area contributed by atoms with Gasteiger partial charge in [0.15, 0.2) is 0 Å². The first-order valence-corrected chi connectivity index (χ1v) is 9.60. The van der Waals surface area contributed by atoms with Crippen molar-refractivity contribution in [1.29, 1.82) is 0 Å². The second-order valence-corrected chi connectivity index (χ2v) is 10.1. The molecular weight excluding hydrogens is 288 g/mol. The number of rotatable bonds is 1. The average molecular weight is 320 g/mol. The minimum atomic E-state index is -0.586. The first-order chi connectivity index (χ1) is 10.6. The van der Waals surface area contributed by atoms with Gasteiger partial charge in [-0.15, -0.1) is 0 Å². The topological polar surface area (TPSA) is 57.5 Å². The van der Waals surface area contributed by atoms with Crippen LogP contribution in [0.15, 0.2) is 0 Å².